The first-order valence-electron chi connectivity index (χ1n) is 3.64. The predicted octanol–water partition coefficient (Wildman–Crippen LogP) is 1.65. The molecule has 0 bridgehead atoms. The van der Waals surface area contributed by atoms with Gasteiger partial charge in [0, 0.05) is 27.8 Å². The van der Waals surface area contributed by atoms with Crippen molar-refractivity contribution in [2.75, 3.05) is 0 Å². The molecule has 0 heterocycles. The second-order valence-corrected chi connectivity index (χ2v) is 7.23. The summed E-state index contributed by atoms with van der Waals surface area (Å²) in [7, 11) is 2.78. The third kappa shape index (κ3) is 9.99. The Labute approximate surface area is 98.7 Å². The van der Waals surface area contributed by atoms with Crippen molar-refractivity contribution >= 4 is 44.8 Å². The summed E-state index contributed by atoms with van der Waals surface area (Å²) in [5.74, 6) is 0. The number of hydrogen-bond donors (Lipinski definition) is 0. The molecule has 0 saturated carbocycles. The molecule has 8 heteroatoms. The largest absolute Gasteiger partial charge is 0.317 e. The maximum Gasteiger partial charge on any atom is 0.317 e. The quantitative estimate of drug-likeness (QED) is 0.503. The molecule has 15 heavy (non-hydrogen) atoms. The number of hydrogen-bond acceptors (Lipinski definition) is 4. The first kappa shape index (κ1) is 14.7. The molecule has 0 N–H and O–H groups in total. The highest BCUT2D eigenvalue weighted by atomic mass is 36.0. The zero-order valence-electron chi connectivity index (χ0n) is 7.64. The maximum absolute atomic E-state index is 10.3. The van der Waals surface area contributed by atoms with Gasteiger partial charge in [0.1, 0.15) is 0 Å². The van der Waals surface area contributed by atoms with Crippen LogP contribution in [0.3, 0.4) is 0 Å². The standard InChI is InChI=1S/C7H8O2S.Cl2O2S/c1-6-2-4-7(5-3-6)10(8)9;1-5(2,3)4/h2-4H,5H2,1H3;. The van der Waals surface area contributed by atoms with Gasteiger partial charge in [-0.25, -0.2) is 0 Å². The Kier molecular flexibility index (Phi) is 6.19. The molecule has 0 unspecified atom stereocenters. The van der Waals surface area contributed by atoms with Crippen LogP contribution in [0.15, 0.2) is 23.8 Å². The first-order chi connectivity index (χ1) is 6.70. The smallest absolute Gasteiger partial charge is 0.195 e. The molecule has 1 rings (SSSR count). The molecule has 0 fully saturated rings. The highest BCUT2D eigenvalue weighted by molar-refractivity contribution is 8.31. The lowest BCUT2D eigenvalue weighted by atomic mass is 10.1. The summed E-state index contributed by atoms with van der Waals surface area (Å²) in [5, 5.41) is 0. The van der Waals surface area contributed by atoms with Gasteiger partial charge in [-0.15, -0.1) is 0 Å². The second-order valence-electron chi connectivity index (χ2n) is 2.56. The molecule has 0 aromatic heterocycles. The molecule has 86 valence electrons. The van der Waals surface area contributed by atoms with E-state index >= 15 is 0 Å². The Morgan fingerprint density at radius 1 is 1.27 bits per heavy atom. The normalized spacial score (nSPS) is 15.1. The van der Waals surface area contributed by atoms with Crippen LogP contribution in [0.4, 0.5) is 0 Å². The van der Waals surface area contributed by atoms with Crippen molar-refractivity contribution in [2.24, 2.45) is 0 Å². The number of halogens is 2. The Bertz CT molecular complexity index is 495. The number of allylic oxidation sites excluding steroid dienone is 4. The van der Waals surface area contributed by atoms with Crippen LogP contribution in [0.1, 0.15) is 13.3 Å². The van der Waals surface area contributed by atoms with Crippen LogP contribution < -0.4 is 0 Å². The molecular formula is C7H8Cl2O4S2. The van der Waals surface area contributed by atoms with Crippen molar-refractivity contribution in [3.05, 3.63) is 23.8 Å². The van der Waals surface area contributed by atoms with Gasteiger partial charge in [0.05, 0.1) is 4.86 Å². The van der Waals surface area contributed by atoms with Crippen molar-refractivity contribution in [2.45, 2.75) is 13.3 Å². The van der Waals surface area contributed by atoms with Crippen molar-refractivity contribution < 1.29 is 16.8 Å². The molecule has 4 nitrogen and oxygen atoms in total. The monoisotopic (exact) mass is 290 g/mol. The molecule has 0 aromatic carbocycles. The van der Waals surface area contributed by atoms with Gasteiger partial charge in [-0.05, 0) is 13.0 Å². The van der Waals surface area contributed by atoms with E-state index in [1.54, 1.807) is 12.2 Å². The van der Waals surface area contributed by atoms with E-state index in [0.717, 1.165) is 5.57 Å². The second kappa shape index (κ2) is 6.32. The topological polar surface area (TPSA) is 68.3 Å². The average Bonchev–Trinajstić information content (AvgIpc) is 2.01. The van der Waals surface area contributed by atoms with Crippen molar-refractivity contribution in [1.29, 1.82) is 0 Å². The Morgan fingerprint density at radius 2 is 1.73 bits per heavy atom. The van der Waals surface area contributed by atoms with Crippen LogP contribution >= 0.6 is 21.4 Å². The van der Waals surface area contributed by atoms with Gasteiger partial charge in [-0.1, -0.05) is 17.7 Å². The van der Waals surface area contributed by atoms with E-state index < -0.39 is 18.6 Å². The molecule has 0 atom stereocenters. The molecule has 0 aliphatic heterocycles. The minimum absolute atomic E-state index is 0.464. The summed E-state index contributed by atoms with van der Waals surface area (Å²) in [5.41, 5.74) is 1.12. The van der Waals surface area contributed by atoms with Gasteiger partial charge >= 0.3 is 8.26 Å². The van der Waals surface area contributed by atoms with Crippen LogP contribution in [-0.2, 0) is 18.6 Å². The fraction of sp³-hybridized carbons (Fsp3) is 0.286. The minimum atomic E-state index is -3.72. The van der Waals surface area contributed by atoms with Crippen LogP contribution in [0.5, 0.6) is 0 Å². The lowest BCUT2D eigenvalue weighted by Crippen LogP contribution is -1.97. The molecular weight excluding hydrogens is 283 g/mol. The lowest BCUT2D eigenvalue weighted by Gasteiger charge is -1.98. The van der Waals surface area contributed by atoms with E-state index in [9.17, 15) is 8.42 Å². The summed E-state index contributed by atoms with van der Waals surface area (Å²) in [6.07, 6.45) is 5.87. The zero-order valence-corrected chi connectivity index (χ0v) is 10.8. The van der Waals surface area contributed by atoms with E-state index in [2.05, 4.69) is 21.4 Å². The van der Waals surface area contributed by atoms with Crippen LogP contribution in [-0.4, -0.2) is 21.7 Å². The zero-order chi connectivity index (χ0) is 12.1. The minimum Gasteiger partial charge on any atom is -0.195 e. The Balaban J connectivity index is 0.000000336. The average molecular weight is 291 g/mol. The molecule has 0 amide bonds. The lowest BCUT2D eigenvalue weighted by molar-refractivity contribution is 0.621. The summed E-state index contributed by atoms with van der Waals surface area (Å²) in [6.45, 7) is 1.95. The third-order valence-electron chi connectivity index (χ3n) is 1.37. The van der Waals surface area contributed by atoms with E-state index in [0.29, 0.717) is 11.3 Å². The molecule has 1 aliphatic rings. The molecule has 0 radical (unpaired) electrons. The molecule has 0 aromatic rings. The highest BCUT2D eigenvalue weighted by Gasteiger charge is 1.98. The van der Waals surface area contributed by atoms with Crippen LogP contribution in [0.25, 0.3) is 0 Å². The summed E-state index contributed by atoms with van der Waals surface area (Å²) < 4.78 is 39.0. The Morgan fingerprint density at radius 3 is 2.00 bits per heavy atom. The van der Waals surface area contributed by atoms with Crippen molar-refractivity contribution in [3.8, 4) is 0 Å². The SMILES string of the molecule is CC1=CCC(=S(=O)=O)C=C1.O=S(=O)(Cl)Cl. The van der Waals surface area contributed by atoms with Crippen molar-refractivity contribution in [1.82, 2.24) is 0 Å². The van der Waals surface area contributed by atoms with Gasteiger partial charge < -0.3 is 0 Å². The molecule has 0 spiro atoms. The van der Waals surface area contributed by atoms with Gasteiger partial charge in [0.25, 0.3) is 0 Å². The van der Waals surface area contributed by atoms with E-state index in [-0.39, 0.29) is 0 Å². The third-order valence-corrected chi connectivity index (χ3v) is 2.10. The maximum atomic E-state index is 10.3. The van der Waals surface area contributed by atoms with Crippen LogP contribution in [0, 0.1) is 0 Å². The predicted molar refractivity (Wildman–Crippen MR) is 62.1 cm³/mol. The molecule has 0 saturated heterocycles. The summed E-state index contributed by atoms with van der Waals surface area (Å²) in [4.78, 5) is 0.464. The molecule has 1 aliphatic carbocycles. The summed E-state index contributed by atoms with van der Waals surface area (Å²) in [6, 6.07) is 0. The van der Waals surface area contributed by atoms with E-state index in [1.165, 1.54) is 0 Å². The van der Waals surface area contributed by atoms with Crippen LogP contribution in [0.2, 0.25) is 0 Å². The van der Waals surface area contributed by atoms with Gasteiger partial charge in [0.15, 0.2) is 0 Å². The first-order valence-corrected chi connectivity index (χ1v) is 7.85. The van der Waals surface area contributed by atoms with Crippen molar-refractivity contribution in [3.63, 3.8) is 0 Å². The van der Waals surface area contributed by atoms with Gasteiger partial charge in [-0.2, -0.15) is 16.8 Å². The van der Waals surface area contributed by atoms with E-state index in [4.69, 9.17) is 8.42 Å². The number of rotatable bonds is 0. The Hall–Kier alpha value is -0.300. The fourth-order valence-electron chi connectivity index (χ4n) is 0.746. The van der Waals surface area contributed by atoms with E-state index in [1.807, 2.05) is 13.0 Å². The highest BCUT2D eigenvalue weighted by Crippen LogP contribution is 2.05. The van der Waals surface area contributed by atoms with Gasteiger partial charge in [-0.3, -0.25) is 0 Å². The summed E-state index contributed by atoms with van der Waals surface area (Å²) >= 11 is 0. The fourth-order valence-corrected chi connectivity index (χ4v) is 1.14. The van der Waals surface area contributed by atoms with Gasteiger partial charge in [0.2, 0.25) is 10.3 Å².